The fourth-order valence-electron chi connectivity index (χ4n) is 6.95. The van der Waals surface area contributed by atoms with Crippen molar-refractivity contribution in [3.63, 3.8) is 0 Å². The quantitative estimate of drug-likeness (QED) is 0.0577. The van der Waals surface area contributed by atoms with Crippen LogP contribution in [-0.4, -0.2) is 119 Å². The highest BCUT2D eigenvalue weighted by molar-refractivity contribution is 8.00. The van der Waals surface area contributed by atoms with E-state index >= 15 is 0 Å². The molecule has 1 saturated heterocycles. The van der Waals surface area contributed by atoms with E-state index in [0.29, 0.717) is 37.9 Å². The second-order valence-corrected chi connectivity index (χ2v) is 18.3. The highest BCUT2D eigenvalue weighted by Crippen LogP contribution is 2.29. The largest absolute Gasteiger partial charge is 0.481 e. The zero-order valence-corrected chi connectivity index (χ0v) is 37.1. The summed E-state index contributed by atoms with van der Waals surface area (Å²) in [5.41, 5.74) is 0.299. The zero-order valence-electron chi connectivity index (χ0n) is 36.2. The van der Waals surface area contributed by atoms with E-state index < -0.39 is 40.2 Å². The summed E-state index contributed by atoms with van der Waals surface area (Å²) < 4.78 is 0. The van der Waals surface area contributed by atoms with Crippen molar-refractivity contribution in [2.75, 3.05) is 39.5 Å². The number of likely N-dealkylation sites (tertiary alicyclic amines) is 1. The number of carbonyl (C=O) groups excluding carboxylic acids is 6. The number of unbranched alkanes of at least 4 members (excludes halogenated alkanes) is 2. The van der Waals surface area contributed by atoms with Crippen molar-refractivity contribution < 1.29 is 38.7 Å². The number of nitrogens with one attached hydrogen (secondary N) is 4. The maximum Gasteiger partial charge on any atom is 0.304 e. The molecular weight excluding hydrogens is 761 g/mol. The topological polar surface area (TPSA) is 194 Å². The Morgan fingerprint density at radius 3 is 2.12 bits per heavy atom. The summed E-state index contributed by atoms with van der Waals surface area (Å²) in [7, 11) is 3.45. The van der Waals surface area contributed by atoms with Crippen LogP contribution in [0.1, 0.15) is 106 Å². The van der Waals surface area contributed by atoms with E-state index in [-0.39, 0.29) is 72.9 Å². The first-order valence-electron chi connectivity index (χ1n) is 20.3. The van der Waals surface area contributed by atoms with Crippen LogP contribution in [0.2, 0.25) is 0 Å². The number of carbonyl (C=O) groups is 7. The molecule has 14 nitrogen and oxygen atoms in total. The van der Waals surface area contributed by atoms with Crippen molar-refractivity contribution in [1.29, 1.82) is 0 Å². The molecule has 1 fully saturated rings. The van der Waals surface area contributed by atoms with Crippen molar-refractivity contribution in [3.8, 4) is 0 Å². The number of imide groups is 1. The number of carboxylic acid groups (broad SMARTS) is 1. The smallest absolute Gasteiger partial charge is 0.304 e. The molecular formula is C43H68N6O8S. The van der Waals surface area contributed by atoms with Gasteiger partial charge < -0.3 is 31.3 Å². The van der Waals surface area contributed by atoms with Crippen LogP contribution < -0.4 is 21.3 Å². The van der Waals surface area contributed by atoms with Gasteiger partial charge in [0.25, 0.3) is 0 Å². The molecule has 4 atom stereocenters. The maximum atomic E-state index is 14.2. The Labute approximate surface area is 349 Å². The number of thioether (sulfide) groups is 1. The maximum absolute atomic E-state index is 14.2. The molecule has 0 aliphatic carbocycles. The van der Waals surface area contributed by atoms with E-state index in [9.17, 15) is 33.6 Å². The van der Waals surface area contributed by atoms with Crippen LogP contribution in [0.5, 0.6) is 0 Å². The van der Waals surface area contributed by atoms with E-state index in [1.807, 2.05) is 78.8 Å². The van der Waals surface area contributed by atoms with Crippen molar-refractivity contribution in [2.24, 2.45) is 11.3 Å². The predicted molar refractivity (Wildman–Crippen MR) is 228 cm³/mol. The Morgan fingerprint density at radius 1 is 0.931 bits per heavy atom. The van der Waals surface area contributed by atoms with Gasteiger partial charge in [0.15, 0.2) is 0 Å². The predicted octanol–water partition coefficient (Wildman–Crippen LogP) is 4.03. The number of benzene rings is 1. The molecule has 1 aromatic rings. The van der Waals surface area contributed by atoms with E-state index in [4.69, 9.17) is 5.11 Å². The first-order valence-corrected chi connectivity index (χ1v) is 21.4. The minimum absolute atomic E-state index is 0.0242. The molecule has 2 rings (SSSR count). The molecule has 324 valence electrons. The highest BCUT2D eigenvalue weighted by atomic mass is 32.2. The molecule has 0 bridgehead atoms. The summed E-state index contributed by atoms with van der Waals surface area (Å²) in [6.45, 7) is 16.5. The fourth-order valence-corrected chi connectivity index (χ4v) is 8.06. The lowest BCUT2D eigenvalue weighted by molar-refractivity contribution is -0.141. The summed E-state index contributed by atoms with van der Waals surface area (Å²) in [6, 6.07) is 7.94. The van der Waals surface area contributed by atoms with Gasteiger partial charge in [0.05, 0.1) is 23.8 Å². The molecule has 5 N–H and O–H groups in total. The molecule has 0 saturated carbocycles. The number of aliphatic carboxylic acids is 1. The summed E-state index contributed by atoms with van der Waals surface area (Å²) in [5.74, 6) is -2.28. The monoisotopic (exact) mass is 828 g/mol. The molecule has 1 heterocycles. The van der Waals surface area contributed by atoms with Crippen LogP contribution in [0.4, 0.5) is 0 Å². The van der Waals surface area contributed by atoms with Gasteiger partial charge in [-0.3, -0.25) is 38.5 Å². The van der Waals surface area contributed by atoms with Gasteiger partial charge in [0, 0.05) is 56.3 Å². The molecule has 1 aliphatic rings. The third-order valence-corrected chi connectivity index (χ3v) is 11.7. The summed E-state index contributed by atoms with van der Waals surface area (Å²) >= 11 is 1.18. The number of nitrogens with zero attached hydrogens (tertiary/aromatic N) is 2. The van der Waals surface area contributed by atoms with Gasteiger partial charge in [-0.15, -0.1) is 11.8 Å². The Morgan fingerprint density at radius 2 is 1.55 bits per heavy atom. The summed E-state index contributed by atoms with van der Waals surface area (Å²) in [4.78, 5) is 91.7. The van der Waals surface area contributed by atoms with Gasteiger partial charge >= 0.3 is 5.97 Å². The number of likely N-dealkylation sites (N-methyl/N-ethyl adjacent to an activating group) is 2. The average Bonchev–Trinajstić information content (AvgIpc) is 3.42. The minimum Gasteiger partial charge on any atom is -0.481 e. The zero-order chi connectivity index (χ0) is 43.8. The fraction of sp³-hybridized carbons (Fsp3) is 0.651. The van der Waals surface area contributed by atoms with Crippen molar-refractivity contribution in [2.45, 2.75) is 129 Å². The van der Waals surface area contributed by atoms with E-state index in [1.165, 1.54) is 11.8 Å². The molecule has 58 heavy (non-hydrogen) atoms. The Balaban J connectivity index is 1.83. The van der Waals surface area contributed by atoms with Gasteiger partial charge in [0.1, 0.15) is 6.04 Å². The van der Waals surface area contributed by atoms with Crippen LogP contribution in [0, 0.1) is 11.3 Å². The highest BCUT2D eigenvalue weighted by Gasteiger charge is 2.42. The van der Waals surface area contributed by atoms with Crippen LogP contribution in [0.25, 0.3) is 0 Å². The third-order valence-electron chi connectivity index (χ3n) is 10.5. The SMILES string of the molecule is CN[C@H](C(=O)N[C@H](C(=O)N(C)C(/C=C(\C)C(=O)NCCCCCNC(=O)CCCN1C(=O)CC(SCCC(=O)O)C1=O)C(C)C)C(C)(C)C)C(C)(C)c1ccccc1. The molecule has 1 aliphatic heterocycles. The van der Waals surface area contributed by atoms with Gasteiger partial charge in [-0.1, -0.05) is 84.9 Å². The van der Waals surface area contributed by atoms with E-state index in [2.05, 4.69) is 21.3 Å². The number of amides is 6. The molecule has 0 aromatic heterocycles. The molecule has 1 aromatic carbocycles. The molecule has 6 amide bonds. The molecule has 0 spiro atoms. The van der Waals surface area contributed by atoms with E-state index in [0.717, 1.165) is 16.9 Å². The normalized spacial score (nSPS) is 16.5. The lowest BCUT2D eigenvalue weighted by Crippen LogP contribution is -2.61. The van der Waals surface area contributed by atoms with Gasteiger partial charge in [-0.05, 0) is 56.6 Å². The summed E-state index contributed by atoms with van der Waals surface area (Å²) in [6.07, 6.45) is 4.47. The van der Waals surface area contributed by atoms with E-state index in [1.54, 1.807) is 32.0 Å². The second kappa shape index (κ2) is 23.4. The van der Waals surface area contributed by atoms with Crippen LogP contribution in [-0.2, 0) is 39.0 Å². The third kappa shape index (κ3) is 15.2. The Hall–Kier alpha value is -4.24. The second-order valence-electron chi connectivity index (χ2n) is 17.0. The lowest BCUT2D eigenvalue weighted by atomic mass is 9.76. The van der Waals surface area contributed by atoms with Crippen molar-refractivity contribution in [3.05, 3.63) is 47.5 Å². The number of hydrogen-bond acceptors (Lipinski definition) is 9. The molecule has 15 heteroatoms. The van der Waals surface area contributed by atoms with Gasteiger partial charge in [0.2, 0.25) is 35.4 Å². The number of carboxylic acids is 1. The summed E-state index contributed by atoms with van der Waals surface area (Å²) in [5, 5.41) is 20.3. The van der Waals surface area contributed by atoms with Gasteiger partial charge in [-0.25, -0.2) is 0 Å². The van der Waals surface area contributed by atoms with Gasteiger partial charge in [-0.2, -0.15) is 0 Å². The first-order chi connectivity index (χ1) is 27.1. The van der Waals surface area contributed by atoms with Crippen LogP contribution >= 0.6 is 11.8 Å². The van der Waals surface area contributed by atoms with Crippen molar-refractivity contribution in [1.82, 2.24) is 31.1 Å². The molecule has 2 unspecified atom stereocenters. The number of rotatable bonds is 24. The minimum atomic E-state index is -0.952. The Bertz CT molecular complexity index is 1610. The number of hydrogen-bond donors (Lipinski definition) is 5. The molecule has 0 radical (unpaired) electrons. The standard InChI is InChI=1S/C43H68N6O8S/c1-28(2)31(48(10)41(57)37(42(4,5)6)47-39(55)36(44-9)43(7,8)30-18-13-11-14-19-30)26-29(3)38(54)46-23-16-12-15-22-45-33(50)20-17-24-49-34(51)27-32(40(49)56)58-25-21-35(52)53/h11,13-14,18-19,26,28,31-32,36-37,44H,12,15-17,20-25,27H2,1-10H3,(H,45,50)(H,46,54)(H,47,55)(H,52,53)/b29-26+/t31?,32?,36-,37-/m1/s1. The Kier molecular flexibility index (Phi) is 20.1. The van der Waals surface area contributed by atoms with Crippen LogP contribution in [0.3, 0.4) is 0 Å². The average molecular weight is 829 g/mol. The van der Waals surface area contributed by atoms with Crippen molar-refractivity contribution >= 4 is 53.2 Å². The van der Waals surface area contributed by atoms with Crippen LogP contribution in [0.15, 0.2) is 42.0 Å². The lowest BCUT2D eigenvalue weighted by Gasteiger charge is -2.40. The first kappa shape index (κ1) is 49.9.